The number of benzene rings is 2. The lowest BCUT2D eigenvalue weighted by Crippen LogP contribution is -2.14. The lowest BCUT2D eigenvalue weighted by Gasteiger charge is -2.14. The summed E-state index contributed by atoms with van der Waals surface area (Å²) >= 11 is 0. The molecule has 3 rings (SSSR count). The molecule has 23 heavy (non-hydrogen) atoms. The zero-order valence-corrected chi connectivity index (χ0v) is 12.8. The third-order valence-electron chi connectivity index (χ3n) is 3.77. The summed E-state index contributed by atoms with van der Waals surface area (Å²) in [5, 5.41) is 9.58. The summed E-state index contributed by atoms with van der Waals surface area (Å²) in [6.45, 7) is 2.71. The van der Waals surface area contributed by atoms with Crippen molar-refractivity contribution in [1.82, 2.24) is 0 Å². The van der Waals surface area contributed by atoms with Crippen LogP contribution in [0.15, 0.2) is 42.5 Å². The number of hydrogen-bond acceptors (Lipinski definition) is 4. The lowest BCUT2D eigenvalue weighted by atomic mass is 9.92. The van der Waals surface area contributed by atoms with Gasteiger partial charge in [-0.15, -0.1) is 0 Å². The van der Waals surface area contributed by atoms with E-state index in [1.807, 2.05) is 31.2 Å². The van der Waals surface area contributed by atoms with Crippen LogP contribution in [0, 0.1) is 0 Å². The van der Waals surface area contributed by atoms with Crippen molar-refractivity contribution in [2.45, 2.75) is 19.3 Å². The van der Waals surface area contributed by atoms with Gasteiger partial charge in [0, 0.05) is 0 Å². The van der Waals surface area contributed by atoms with Crippen LogP contribution >= 0.6 is 0 Å². The number of carbonyl (C=O) groups is 1. The Morgan fingerprint density at radius 3 is 2.61 bits per heavy atom. The standard InChI is InChI=1S/C18H18O5/c1-2-21-14-6-3-12(4-7-14)9-15(18(19)20)13-5-8-16-17(10-13)23-11-22-16/h3-8,10,15H,2,9,11H2,1H3,(H,19,20). The van der Waals surface area contributed by atoms with Crippen LogP contribution in [0.5, 0.6) is 17.2 Å². The monoisotopic (exact) mass is 314 g/mol. The summed E-state index contributed by atoms with van der Waals surface area (Å²) in [6.07, 6.45) is 0.404. The Bertz CT molecular complexity index is 693. The smallest absolute Gasteiger partial charge is 0.311 e. The van der Waals surface area contributed by atoms with Gasteiger partial charge in [0.05, 0.1) is 12.5 Å². The molecular formula is C18H18O5. The Hall–Kier alpha value is -2.69. The molecule has 0 aliphatic carbocycles. The highest BCUT2D eigenvalue weighted by Crippen LogP contribution is 2.35. The predicted molar refractivity (Wildman–Crippen MR) is 84.3 cm³/mol. The fourth-order valence-corrected chi connectivity index (χ4v) is 2.60. The molecule has 0 saturated carbocycles. The van der Waals surface area contributed by atoms with Crippen molar-refractivity contribution in [3.63, 3.8) is 0 Å². The molecule has 1 atom stereocenters. The van der Waals surface area contributed by atoms with Crippen LogP contribution in [0.3, 0.4) is 0 Å². The Morgan fingerprint density at radius 2 is 1.91 bits per heavy atom. The molecule has 0 bridgehead atoms. The molecule has 1 aliphatic rings. The van der Waals surface area contributed by atoms with Gasteiger partial charge in [-0.2, -0.15) is 0 Å². The van der Waals surface area contributed by atoms with Crippen LogP contribution in [-0.4, -0.2) is 24.5 Å². The summed E-state index contributed by atoms with van der Waals surface area (Å²) in [5.41, 5.74) is 1.65. The minimum Gasteiger partial charge on any atom is -0.494 e. The van der Waals surface area contributed by atoms with Crippen molar-refractivity contribution in [3.05, 3.63) is 53.6 Å². The van der Waals surface area contributed by atoms with E-state index >= 15 is 0 Å². The molecule has 0 aromatic heterocycles. The van der Waals surface area contributed by atoms with Gasteiger partial charge in [-0.3, -0.25) is 4.79 Å². The summed E-state index contributed by atoms with van der Waals surface area (Å²) in [5.74, 6) is 0.533. The van der Waals surface area contributed by atoms with E-state index in [4.69, 9.17) is 14.2 Å². The van der Waals surface area contributed by atoms with E-state index in [0.29, 0.717) is 30.1 Å². The normalized spacial score (nSPS) is 13.6. The van der Waals surface area contributed by atoms with Crippen LogP contribution < -0.4 is 14.2 Å². The summed E-state index contributed by atoms with van der Waals surface area (Å²) in [4.78, 5) is 11.7. The van der Waals surface area contributed by atoms with Gasteiger partial charge in [0.2, 0.25) is 6.79 Å². The fraction of sp³-hybridized carbons (Fsp3) is 0.278. The molecule has 1 N–H and O–H groups in total. The Kier molecular flexibility index (Phi) is 4.37. The highest BCUT2D eigenvalue weighted by Gasteiger charge is 2.23. The van der Waals surface area contributed by atoms with Gasteiger partial charge >= 0.3 is 5.97 Å². The molecule has 0 amide bonds. The molecule has 1 heterocycles. The molecule has 120 valence electrons. The molecule has 1 aliphatic heterocycles. The quantitative estimate of drug-likeness (QED) is 0.887. The molecule has 1 unspecified atom stereocenters. The maximum Gasteiger partial charge on any atom is 0.311 e. The van der Waals surface area contributed by atoms with Gasteiger partial charge in [0.15, 0.2) is 11.5 Å². The minimum atomic E-state index is -0.863. The first-order chi connectivity index (χ1) is 11.2. The molecule has 0 spiro atoms. The van der Waals surface area contributed by atoms with Crippen LogP contribution in [0.4, 0.5) is 0 Å². The molecular weight excluding hydrogens is 296 g/mol. The first kappa shape index (κ1) is 15.2. The van der Waals surface area contributed by atoms with E-state index < -0.39 is 11.9 Å². The molecule has 0 radical (unpaired) electrons. The number of rotatable bonds is 6. The number of ether oxygens (including phenoxy) is 3. The zero-order valence-electron chi connectivity index (χ0n) is 12.8. The van der Waals surface area contributed by atoms with Crippen molar-refractivity contribution in [2.75, 3.05) is 13.4 Å². The maximum absolute atomic E-state index is 11.7. The van der Waals surface area contributed by atoms with E-state index in [2.05, 4.69) is 0 Å². The van der Waals surface area contributed by atoms with Crippen LogP contribution in [0.25, 0.3) is 0 Å². The third kappa shape index (κ3) is 3.39. The van der Waals surface area contributed by atoms with Gasteiger partial charge < -0.3 is 19.3 Å². The fourth-order valence-electron chi connectivity index (χ4n) is 2.60. The van der Waals surface area contributed by atoms with Crippen LogP contribution in [0.1, 0.15) is 24.0 Å². The summed E-state index contributed by atoms with van der Waals surface area (Å²) in [6, 6.07) is 12.8. The average molecular weight is 314 g/mol. The number of fused-ring (bicyclic) bond motifs is 1. The number of carboxylic acid groups (broad SMARTS) is 1. The van der Waals surface area contributed by atoms with E-state index in [-0.39, 0.29) is 6.79 Å². The van der Waals surface area contributed by atoms with Crippen molar-refractivity contribution in [3.8, 4) is 17.2 Å². The maximum atomic E-state index is 11.7. The average Bonchev–Trinajstić information content (AvgIpc) is 3.01. The van der Waals surface area contributed by atoms with Gasteiger partial charge in [0.1, 0.15) is 5.75 Å². The Labute approximate surface area is 134 Å². The van der Waals surface area contributed by atoms with Crippen molar-refractivity contribution < 1.29 is 24.1 Å². The van der Waals surface area contributed by atoms with E-state index in [0.717, 1.165) is 11.3 Å². The number of carboxylic acids is 1. The van der Waals surface area contributed by atoms with Gasteiger partial charge in [0.25, 0.3) is 0 Å². The van der Waals surface area contributed by atoms with Gasteiger partial charge in [-0.1, -0.05) is 18.2 Å². The van der Waals surface area contributed by atoms with Crippen molar-refractivity contribution in [2.24, 2.45) is 0 Å². The number of hydrogen-bond donors (Lipinski definition) is 1. The molecule has 2 aromatic carbocycles. The molecule has 0 fully saturated rings. The topological polar surface area (TPSA) is 65.0 Å². The second-order valence-corrected chi connectivity index (χ2v) is 5.28. The highest BCUT2D eigenvalue weighted by atomic mass is 16.7. The molecule has 5 nitrogen and oxygen atoms in total. The molecule has 0 saturated heterocycles. The SMILES string of the molecule is CCOc1ccc(CC(C(=O)O)c2ccc3c(c2)OCO3)cc1. The predicted octanol–water partition coefficient (Wildman–Crippen LogP) is 3.22. The zero-order chi connectivity index (χ0) is 16.2. The third-order valence-corrected chi connectivity index (χ3v) is 3.77. The Morgan fingerprint density at radius 1 is 1.17 bits per heavy atom. The van der Waals surface area contributed by atoms with Crippen LogP contribution in [0.2, 0.25) is 0 Å². The molecule has 5 heteroatoms. The first-order valence-electron chi connectivity index (χ1n) is 7.51. The summed E-state index contributed by atoms with van der Waals surface area (Å²) < 4.78 is 16.0. The Balaban J connectivity index is 1.80. The van der Waals surface area contributed by atoms with Crippen LogP contribution in [-0.2, 0) is 11.2 Å². The largest absolute Gasteiger partial charge is 0.494 e. The van der Waals surface area contributed by atoms with Gasteiger partial charge in [-0.05, 0) is 48.7 Å². The minimum absolute atomic E-state index is 0.176. The van der Waals surface area contributed by atoms with Crippen molar-refractivity contribution in [1.29, 1.82) is 0 Å². The van der Waals surface area contributed by atoms with Crippen molar-refractivity contribution >= 4 is 5.97 Å². The summed E-state index contributed by atoms with van der Waals surface area (Å²) in [7, 11) is 0. The number of aliphatic carboxylic acids is 1. The van der Waals surface area contributed by atoms with E-state index in [1.165, 1.54) is 0 Å². The second kappa shape index (κ2) is 6.60. The highest BCUT2D eigenvalue weighted by molar-refractivity contribution is 5.77. The van der Waals surface area contributed by atoms with Gasteiger partial charge in [-0.25, -0.2) is 0 Å². The molecule has 2 aromatic rings. The second-order valence-electron chi connectivity index (χ2n) is 5.28. The van der Waals surface area contributed by atoms with E-state index in [9.17, 15) is 9.90 Å². The van der Waals surface area contributed by atoms with E-state index in [1.54, 1.807) is 18.2 Å². The lowest BCUT2D eigenvalue weighted by molar-refractivity contribution is -0.138. The first-order valence-corrected chi connectivity index (χ1v) is 7.51.